The Morgan fingerprint density at radius 1 is 1.25 bits per heavy atom. The van der Waals surface area contributed by atoms with Gasteiger partial charge in [-0.15, -0.1) is 12.4 Å². The van der Waals surface area contributed by atoms with Gasteiger partial charge in [-0.1, -0.05) is 30.3 Å². The lowest BCUT2D eigenvalue weighted by Gasteiger charge is -2.22. The number of aryl methyl sites for hydroxylation is 1. The number of carbonyl (C=O) groups is 1. The van der Waals surface area contributed by atoms with Crippen LogP contribution in [0.25, 0.3) is 0 Å². The second kappa shape index (κ2) is 7.47. The van der Waals surface area contributed by atoms with E-state index in [0.717, 1.165) is 5.56 Å². The van der Waals surface area contributed by atoms with E-state index in [2.05, 4.69) is 0 Å². The third-order valence-electron chi connectivity index (χ3n) is 2.48. The van der Waals surface area contributed by atoms with E-state index in [9.17, 15) is 23.1 Å². The maximum Gasteiger partial charge on any atom is 0.405 e. The Kier molecular flexibility index (Phi) is 6.98. The van der Waals surface area contributed by atoms with Crippen LogP contribution in [0.1, 0.15) is 12.0 Å². The van der Waals surface area contributed by atoms with Crippen LogP contribution >= 0.6 is 12.4 Å². The van der Waals surface area contributed by atoms with Gasteiger partial charge in [0.2, 0.25) is 0 Å². The van der Waals surface area contributed by atoms with Gasteiger partial charge in [-0.3, -0.25) is 10.5 Å². The molecule has 0 aromatic heterocycles. The molecule has 1 unspecified atom stereocenters. The van der Waals surface area contributed by atoms with Gasteiger partial charge in [0, 0.05) is 6.42 Å². The molecule has 1 rings (SSSR count). The van der Waals surface area contributed by atoms with Gasteiger partial charge in [0.05, 0.1) is 0 Å². The van der Waals surface area contributed by atoms with Crippen molar-refractivity contribution in [1.29, 1.82) is 0 Å². The van der Waals surface area contributed by atoms with Crippen molar-refractivity contribution in [2.24, 2.45) is 5.73 Å². The van der Waals surface area contributed by atoms with Crippen molar-refractivity contribution in [3.8, 4) is 0 Å². The van der Waals surface area contributed by atoms with Gasteiger partial charge in [0.1, 0.15) is 6.54 Å². The topological polar surface area (TPSA) is 75.3 Å². The first kappa shape index (κ1) is 18.7. The van der Waals surface area contributed by atoms with Gasteiger partial charge in [-0.2, -0.15) is 13.2 Å². The van der Waals surface area contributed by atoms with Crippen LogP contribution in [0.15, 0.2) is 30.3 Å². The molecule has 1 aromatic carbocycles. The molecule has 8 heteroatoms. The lowest BCUT2D eigenvalue weighted by molar-refractivity contribution is -0.151. The first-order valence-corrected chi connectivity index (χ1v) is 5.61. The third-order valence-corrected chi connectivity index (χ3v) is 2.48. The molecule has 1 amide bonds. The van der Waals surface area contributed by atoms with Crippen molar-refractivity contribution in [2.75, 3.05) is 6.54 Å². The number of alkyl halides is 3. The van der Waals surface area contributed by atoms with Crippen molar-refractivity contribution in [1.82, 2.24) is 5.32 Å². The maximum absolute atomic E-state index is 11.9. The van der Waals surface area contributed by atoms with Crippen LogP contribution < -0.4 is 11.1 Å². The number of hydrogen-bond acceptors (Lipinski definition) is 3. The number of hydrogen-bond donors (Lipinski definition) is 3. The highest BCUT2D eigenvalue weighted by Gasteiger charge is 2.34. The van der Waals surface area contributed by atoms with Gasteiger partial charge < -0.3 is 10.4 Å². The first-order chi connectivity index (χ1) is 8.71. The summed E-state index contributed by atoms with van der Waals surface area (Å²) in [6.07, 6.45) is -4.42. The Labute approximate surface area is 120 Å². The monoisotopic (exact) mass is 312 g/mol. The summed E-state index contributed by atoms with van der Waals surface area (Å²) in [4.78, 5) is 11.3. The van der Waals surface area contributed by atoms with Crippen LogP contribution in [0.3, 0.4) is 0 Å². The second-order valence-corrected chi connectivity index (χ2v) is 4.21. The number of nitrogens with one attached hydrogen (secondary N) is 1. The van der Waals surface area contributed by atoms with E-state index in [1.165, 1.54) is 0 Å². The maximum atomic E-state index is 11.9. The fourth-order valence-corrected chi connectivity index (χ4v) is 1.43. The van der Waals surface area contributed by atoms with Crippen molar-refractivity contribution in [2.45, 2.75) is 24.7 Å². The van der Waals surface area contributed by atoms with Crippen LogP contribution in [0.5, 0.6) is 0 Å². The molecule has 0 saturated heterocycles. The van der Waals surface area contributed by atoms with Gasteiger partial charge >= 0.3 is 6.18 Å². The summed E-state index contributed by atoms with van der Waals surface area (Å²) in [5.74, 6) is -1.24. The molecule has 0 spiro atoms. The molecular weight excluding hydrogens is 297 g/mol. The van der Waals surface area contributed by atoms with Gasteiger partial charge in [0.15, 0.2) is 5.72 Å². The molecule has 114 valence electrons. The van der Waals surface area contributed by atoms with Crippen molar-refractivity contribution < 1.29 is 23.1 Å². The smallest absolute Gasteiger partial charge is 0.368 e. The molecule has 4 N–H and O–H groups in total. The lowest BCUT2D eigenvalue weighted by Crippen LogP contribution is -2.55. The molecule has 4 nitrogen and oxygen atoms in total. The fourth-order valence-electron chi connectivity index (χ4n) is 1.43. The number of aliphatic hydroxyl groups is 1. The standard InChI is InChI=1S/C12H15F3N2O2.ClH/c13-12(14,15)8-17-10(18)11(16,19)7-6-9-4-2-1-3-5-9;/h1-5,19H,6-8,16H2,(H,17,18);1H. The Bertz CT molecular complexity index is 424. The van der Waals surface area contributed by atoms with Crippen LogP contribution in [-0.4, -0.2) is 29.5 Å². The van der Waals surface area contributed by atoms with Crippen molar-refractivity contribution in [3.63, 3.8) is 0 Å². The Morgan fingerprint density at radius 2 is 1.80 bits per heavy atom. The average Bonchev–Trinajstić information content (AvgIpc) is 2.34. The summed E-state index contributed by atoms with van der Waals surface area (Å²) in [6, 6.07) is 8.88. The summed E-state index contributed by atoms with van der Waals surface area (Å²) in [5, 5.41) is 11.2. The highest BCUT2D eigenvalue weighted by molar-refractivity contribution is 5.85. The summed E-state index contributed by atoms with van der Waals surface area (Å²) in [7, 11) is 0. The predicted octanol–water partition coefficient (Wildman–Crippen LogP) is 1.37. The summed E-state index contributed by atoms with van der Waals surface area (Å²) in [6.45, 7) is -1.52. The molecule has 0 aliphatic heterocycles. The van der Waals surface area contributed by atoms with E-state index in [4.69, 9.17) is 5.73 Å². The minimum atomic E-state index is -4.54. The first-order valence-electron chi connectivity index (χ1n) is 5.61. The van der Waals surface area contributed by atoms with E-state index >= 15 is 0 Å². The zero-order valence-electron chi connectivity index (χ0n) is 10.5. The number of nitrogens with two attached hydrogens (primary N) is 1. The summed E-state index contributed by atoms with van der Waals surface area (Å²) in [5.41, 5.74) is 3.82. The highest BCUT2D eigenvalue weighted by atomic mass is 35.5. The van der Waals surface area contributed by atoms with Crippen LogP contribution in [0.2, 0.25) is 0 Å². The third kappa shape index (κ3) is 6.74. The number of halogens is 4. The minimum absolute atomic E-state index is 0. The Hall–Kier alpha value is -1.31. The number of amides is 1. The van der Waals surface area contributed by atoms with E-state index in [1.54, 1.807) is 35.6 Å². The molecule has 0 radical (unpaired) electrons. The molecule has 20 heavy (non-hydrogen) atoms. The normalized spacial score (nSPS) is 14.1. The van der Waals surface area contributed by atoms with E-state index in [0.29, 0.717) is 0 Å². The fraction of sp³-hybridized carbons (Fsp3) is 0.417. The summed E-state index contributed by atoms with van der Waals surface area (Å²) >= 11 is 0. The van der Waals surface area contributed by atoms with Crippen LogP contribution in [0, 0.1) is 0 Å². The minimum Gasteiger partial charge on any atom is -0.368 e. The van der Waals surface area contributed by atoms with Crippen LogP contribution in [0.4, 0.5) is 13.2 Å². The number of carbonyl (C=O) groups excluding carboxylic acids is 1. The average molecular weight is 313 g/mol. The zero-order chi connectivity index (χ0) is 14.5. The Morgan fingerprint density at radius 3 is 2.30 bits per heavy atom. The molecule has 0 heterocycles. The Balaban J connectivity index is 0.00000361. The van der Waals surface area contributed by atoms with Crippen molar-refractivity contribution >= 4 is 18.3 Å². The van der Waals surface area contributed by atoms with Gasteiger partial charge in [-0.05, 0) is 12.0 Å². The molecular formula is C12H16ClF3N2O2. The van der Waals surface area contributed by atoms with Gasteiger partial charge in [0.25, 0.3) is 5.91 Å². The second-order valence-electron chi connectivity index (χ2n) is 4.21. The SMILES string of the molecule is Cl.NC(O)(CCc1ccccc1)C(=O)NCC(F)(F)F. The van der Waals surface area contributed by atoms with E-state index < -0.39 is 24.4 Å². The zero-order valence-corrected chi connectivity index (χ0v) is 11.3. The molecule has 1 atom stereocenters. The van der Waals surface area contributed by atoms with E-state index in [-0.39, 0.29) is 25.2 Å². The summed E-state index contributed by atoms with van der Waals surface area (Å²) < 4.78 is 35.8. The largest absolute Gasteiger partial charge is 0.405 e. The predicted molar refractivity (Wildman–Crippen MR) is 70.2 cm³/mol. The molecule has 0 bridgehead atoms. The number of benzene rings is 1. The highest BCUT2D eigenvalue weighted by Crippen LogP contribution is 2.14. The molecule has 0 saturated carbocycles. The molecule has 1 aromatic rings. The molecule has 0 aliphatic carbocycles. The number of rotatable bonds is 5. The lowest BCUT2D eigenvalue weighted by atomic mass is 10.0. The molecule has 0 aliphatic rings. The van der Waals surface area contributed by atoms with Crippen LogP contribution in [-0.2, 0) is 11.2 Å². The van der Waals surface area contributed by atoms with Crippen molar-refractivity contribution in [3.05, 3.63) is 35.9 Å². The van der Waals surface area contributed by atoms with E-state index in [1.807, 2.05) is 0 Å². The quantitative estimate of drug-likeness (QED) is 0.719. The van der Waals surface area contributed by atoms with Gasteiger partial charge in [-0.25, -0.2) is 0 Å². The molecule has 0 fully saturated rings.